The third-order valence-corrected chi connectivity index (χ3v) is 4.16. The van der Waals surface area contributed by atoms with Crippen molar-refractivity contribution in [1.82, 2.24) is 4.90 Å². The van der Waals surface area contributed by atoms with E-state index in [4.69, 9.17) is 14.9 Å². The molecule has 1 amide bonds. The van der Waals surface area contributed by atoms with Gasteiger partial charge in [0.05, 0.1) is 0 Å². The van der Waals surface area contributed by atoms with Gasteiger partial charge in [0, 0.05) is 19.1 Å². The predicted octanol–water partition coefficient (Wildman–Crippen LogP) is 2.73. The van der Waals surface area contributed by atoms with Crippen molar-refractivity contribution in [3.8, 4) is 5.75 Å². The summed E-state index contributed by atoms with van der Waals surface area (Å²) in [6.45, 7) is 3.68. The normalized spacial score (nSPS) is 15.7. The molecule has 1 fully saturated rings. The summed E-state index contributed by atoms with van der Waals surface area (Å²) >= 11 is 0. The second-order valence-corrected chi connectivity index (χ2v) is 5.95. The summed E-state index contributed by atoms with van der Waals surface area (Å²) in [4.78, 5) is 14.2. The molecule has 1 aromatic heterocycles. The number of benzene rings is 1. The Labute approximate surface area is 136 Å². The number of nitrogens with zero attached hydrogens (tertiary/aromatic N) is 1. The minimum Gasteiger partial charge on any atom is -0.485 e. The summed E-state index contributed by atoms with van der Waals surface area (Å²) in [6.07, 6.45) is 1.69. The van der Waals surface area contributed by atoms with E-state index >= 15 is 0 Å². The topological polar surface area (TPSA) is 68.7 Å². The number of hydrogen-bond acceptors (Lipinski definition) is 4. The first kappa shape index (κ1) is 15.6. The molecule has 0 spiro atoms. The Hall–Kier alpha value is -2.27. The maximum atomic E-state index is 12.4. The molecule has 23 heavy (non-hydrogen) atoms. The summed E-state index contributed by atoms with van der Waals surface area (Å²) in [5.41, 5.74) is 6.94. The van der Waals surface area contributed by atoms with Gasteiger partial charge in [-0.2, -0.15) is 0 Å². The fourth-order valence-electron chi connectivity index (χ4n) is 2.70. The van der Waals surface area contributed by atoms with Crippen LogP contribution in [0, 0.1) is 6.92 Å². The SMILES string of the molecule is Cc1ccccc1OCc1ccc(C(=O)N2CCC(N)CC2)o1. The molecule has 1 aromatic carbocycles. The van der Waals surface area contributed by atoms with Crippen molar-refractivity contribution in [2.45, 2.75) is 32.4 Å². The summed E-state index contributed by atoms with van der Waals surface area (Å²) in [7, 11) is 0. The first-order valence-corrected chi connectivity index (χ1v) is 7.95. The third kappa shape index (κ3) is 3.74. The highest BCUT2D eigenvalue weighted by atomic mass is 16.5. The molecule has 2 heterocycles. The van der Waals surface area contributed by atoms with Crippen molar-refractivity contribution >= 4 is 5.91 Å². The Kier molecular flexibility index (Phi) is 4.67. The van der Waals surface area contributed by atoms with Crippen LogP contribution >= 0.6 is 0 Å². The smallest absolute Gasteiger partial charge is 0.289 e. The molecule has 0 bridgehead atoms. The monoisotopic (exact) mass is 314 g/mol. The molecule has 5 heteroatoms. The lowest BCUT2D eigenvalue weighted by Crippen LogP contribution is -2.42. The minimum absolute atomic E-state index is 0.0703. The van der Waals surface area contributed by atoms with Crippen LogP contribution in [-0.2, 0) is 6.61 Å². The van der Waals surface area contributed by atoms with E-state index in [2.05, 4.69) is 0 Å². The van der Waals surface area contributed by atoms with Crippen molar-refractivity contribution < 1.29 is 13.9 Å². The molecule has 0 aliphatic carbocycles. The number of nitrogens with two attached hydrogens (primary N) is 1. The van der Waals surface area contributed by atoms with Crippen LogP contribution < -0.4 is 10.5 Å². The van der Waals surface area contributed by atoms with Crippen LogP contribution in [0.15, 0.2) is 40.8 Å². The van der Waals surface area contributed by atoms with Crippen molar-refractivity contribution in [3.05, 3.63) is 53.5 Å². The van der Waals surface area contributed by atoms with E-state index in [1.165, 1.54) is 0 Å². The Bertz CT molecular complexity index is 672. The van der Waals surface area contributed by atoms with Crippen LogP contribution in [0.25, 0.3) is 0 Å². The maximum absolute atomic E-state index is 12.4. The number of carbonyl (C=O) groups is 1. The maximum Gasteiger partial charge on any atom is 0.289 e. The first-order chi connectivity index (χ1) is 11.1. The summed E-state index contributed by atoms with van der Waals surface area (Å²) < 4.78 is 11.4. The molecule has 2 N–H and O–H groups in total. The molecular formula is C18H22N2O3. The first-order valence-electron chi connectivity index (χ1n) is 7.95. The number of ether oxygens (including phenoxy) is 1. The van der Waals surface area contributed by atoms with Gasteiger partial charge in [0.2, 0.25) is 0 Å². The number of likely N-dealkylation sites (tertiary alicyclic amines) is 1. The van der Waals surface area contributed by atoms with Gasteiger partial charge in [-0.25, -0.2) is 0 Å². The second-order valence-electron chi connectivity index (χ2n) is 5.95. The number of aryl methyl sites for hydroxylation is 1. The van der Waals surface area contributed by atoms with Gasteiger partial charge in [0.1, 0.15) is 18.1 Å². The van der Waals surface area contributed by atoms with E-state index < -0.39 is 0 Å². The third-order valence-electron chi connectivity index (χ3n) is 4.16. The summed E-state index contributed by atoms with van der Waals surface area (Å²) in [5, 5.41) is 0. The van der Waals surface area contributed by atoms with Crippen LogP contribution in [0.4, 0.5) is 0 Å². The summed E-state index contributed by atoms with van der Waals surface area (Å²) in [5.74, 6) is 1.76. The van der Waals surface area contributed by atoms with Crippen LogP contribution in [0.1, 0.15) is 34.7 Å². The number of amides is 1. The van der Waals surface area contributed by atoms with Crippen LogP contribution in [0.5, 0.6) is 5.75 Å². The molecule has 122 valence electrons. The van der Waals surface area contributed by atoms with Gasteiger partial charge in [0.25, 0.3) is 5.91 Å². The van der Waals surface area contributed by atoms with Gasteiger partial charge in [0.15, 0.2) is 5.76 Å². The van der Waals surface area contributed by atoms with Crippen LogP contribution in [0.3, 0.4) is 0 Å². The molecule has 1 aliphatic heterocycles. The molecule has 3 rings (SSSR count). The Morgan fingerprint density at radius 1 is 1.26 bits per heavy atom. The van der Waals surface area contributed by atoms with Gasteiger partial charge in [-0.15, -0.1) is 0 Å². The van der Waals surface area contributed by atoms with Gasteiger partial charge in [-0.3, -0.25) is 4.79 Å². The van der Waals surface area contributed by atoms with Crippen molar-refractivity contribution in [2.24, 2.45) is 5.73 Å². The van der Waals surface area contributed by atoms with E-state index in [1.54, 1.807) is 17.0 Å². The number of rotatable bonds is 4. The van der Waals surface area contributed by atoms with Gasteiger partial charge < -0.3 is 19.8 Å². The highest BCUT2D eigenvalue weighted by molar-refractivity contribution is 5.91. The molecule has 0 saturated carbocycles. The Balaban J connectivity index is 1.59. The molecule has 0 atom stereocenters. The lowest BCUT2D eigenvalue weighted by molar-refractivity contribution is 0.0678. The Morgan fingerprint density at radius 3 is 2.74 bits per heavy atom. The fourth-order valence-corrected chi connectivity index (χ4v) is 2.70. The minimum atomic E-state index is -0.0703. The average molecular weight is 314 g/mol. The molecule has 1 saturated heterocycles. The van der Waals surface area contributed by atoms with Crippen molar-refractivity contribution in [2.75, 3.05) is 13.1 Å². The van der Waals surface area contributed by atoms with Gasteiger partial charge in [-0.1, -0.05) is 18.2 Å². The number of hydrogen-bond donors (Lipinski definition) is 1. The molecule has 5 nitrogen and oxygen atoms in total. The predicted molar refractivity (Wildman–Crippen MR) is 87.3 cm³/mol. The van der Waals surface area contributed by atoms with E-state index in [-0.39, 0.29) is 11.9 Å². The van der Waals surface area contributed by atoms with E-state index in [0.29, 0.717) is 31.2 Å². The molecule has 1 aliphatic rings. The number of carbonyl (C=O) groups excluding carboxylic acids is 1. The lowest BCUT2D eigenvalue weighted by Gasteiger charge is -2.29. The average Bonchev–Trinajstić information content (AvgIpc) is 3.03. The van der Waals surface area contributed by atoms with Crippen LogP contribution in [0.2, 0.25) is 0 Å². The van der Waals surface area contributed by atoms with Crippen LogP contribution in [-0.4, -0.2) is 29.9 Å². The van der Waals surface area contributed by atoms with Crippen molar-refractivity contribution in [1.29, 1.82) is 0 Å². The highest BCUT2D eigenvalue weighted by Gasteiger charge is 2.23. The van der Waals surface area contributed by atoms with E-state index in [1.807, 2.05) is 31.2 Å². The molecule has 2 aromatic rings. The highest BCUT2D eigenvalue weighted by Crippen LogP contribution is 2.20. The molecule has 0 radical (unpaired) electrons. The van der Waals surface area contributed by atoms with E-state index in [0.717, 1.165) is 24.2 Å². The number of furan rings is 1. The quantitative estimate of drug-likeness (QED) is 0.942. The fraction of sp³-hybridized carbons (Fsp3) is 0.389. The second kappa shape index (κ2) is 6.87. The van der Waals surface area contributed by atoms with Crippen molar-refractivity contribution in [3.63, 3.8) is 0 Å². The number of para-hydroxylation sites is 1. The van der Waals surface area contributed by atoms with E-state index in [9.17, 15) is 4.79 Å². The van der Waals surface area contributed by atoms with Gasteiger partial charge in [-0.05, 0) is 43.5 Å². The molecule has 0 unspecified atom stereocenters. The standard InChI is InChI=1S/C18H22N2O3/c1-13-4-2-3-5-16(13)22-12-15-6-7-17(23-15)18(21)20-10-8-14(19)9-11-20/h2-7,14H,8-12,19H2,1H3. The zero-order chi connectivity index (χ0) is 16.2. The number of piperidine rings is 1. The zero-order valence-corrected chi connectivity index (χ0v) is 13.3. The van der Waals surface area contributed by atoms with Gasteiger partial charge >= 0.3 is 0 Å². The molecular weight excluding hydrogens is 292 g/mol. The summed E-state index contributed by atoms with van der Waals surface area (Å²) in [6, 6.07) is 11.5. The largest absolute Gasteiger partial charge is 0.485 e. The zero-order valence-electron chi connectivity index (χ0n) is 13.3. The Morgan fingerprint density at radius 2 is 2.00 bits per heavy atom. The lowest BCUT2D eigenvalue weighted by atomic mass is 10.1.